The highest BCUT2D eigenvalue weighted by Crippen LogP contribution is 2.30. The molecule has 1 unspecified atom stereocenters. The predicted molar refractivity (Wildman–Crippen MR) is 143 cm³/mol. The van der Waals surface area contributed by atoms with Gasteiger partial charge >= 0.3 is 0 Å². The largest absolute Gasteiger partial charge is 0.337 e. The zero-order chi connectivity index (χ0) is 27.3. The minimum Gasteiger partial charge on any atom is -0.337 e. The van der Waals surface area contributed by atoms with Crippen molar-refractivity contribution in [3.8, 4) is 11.1 Å². The highest BCUT2D eigenvalue weighted by Gasteiger charge is 2.29. The Balaban J connectivity index is 1.91. The molecule has 0 aliphatic heterocycles. The molecular weight excluding hydrogens is 490 g/mol. The molecule has 1 heterocycles. The number of rotatable bonds is 11. The number of carbonyl (C=O) groups excluding carboxylic acids is 2. The monoisotopic (exact) mass is 525 g/mol. The number of aryl methyl sites for hydroxylation is 1. The number of nitrogens with one attached hydrogen (secondary N) is 1. The molecule has 1 atom stereocenters. The molecular formula is C28H35N3O5S. The summed E-state index contributed by atoms with van der Waals surface area (Å²) in [4.78, 5) is 27.1. The summed E-state index contributed by atoms with van der Waals surface area (Å²) in [6.07, 6.45) is 1.07. The van der Waals surface area contributed by atoms with Gasteiger partial charge in [0.1, 0.15) is 0 Å². The van der Waals surface area contributed by atoms with E-state index in [0.717, 1.165) is 5.56 Å². The standard InChI is InChI=1S/C28H35N3O5S/c1-7-10-26(33)31(27(18(2)3)21(6)32)17-22-13-15-23(16-14-22)24-11-8-9-12-25(24)37(34,35)30-28-19(4)20(5)29-36-28/h8-9,11-16,18,27,30H,7,10,17H2,1-6H3. The van der Waals surface area contributed by atoms with Gasteiger partial charge in [0.15, 0.2) is 5.78 Å². The number of benzene rings is 2. The number of anilines is 1. The van der Waals surface area contributed by atoms with Gasteiger partial charge in [-0.15, -0.1) is 0 Å². The van der Waals surface area contributed by atoms with Gasteiger partial charge in [0, 0.05) is 24.1 Å². The molecule has 3 aromatic rings. The molecule has 0 aliphatic carbocycles. The molecule has 1 N–H and O–H groups in total. The van der Waals surface area contributed by atoms with Crippen LogP contribution in [0.3, 0.4) is 0 Å². The third-order valence-electron chi connectivity index (χ3n) is 6.35. The van der Waals surface area contributed by atoms with Gasteiger partial charge in [0.25, 0.3) is 10.0 Å². The molecule has 37 heavy (non-hydrogen) atoms. The molecule has 0 saturated carbocycles. The molecule has 198 valence electrons. The number of aromatic nitrogens is 1. The van der Waals surface area contributed by atoms with Crippen LogP contribution in [0.4, 0.5) is 5.88 Å². The number of Topliss-reactive ketones (excluding diaryl/α,β-unsaturated/α-hetero) is 1. The molecule has 2 aromatic carbocycles. The van der Waals surface area contributed by atoms with Crippen molar-refractivity contribution in [2.45, 2.75) is 71.9 Å². The quantitative estimate of drug-likeness (QED) is 0.354. The van der Waals surface area contributed by atoms with Crippen LogP contribution in [0.5, 0.6) is 0 Å². The Hall–Kier alpha value is -3.46. The summed E-state index contributed by atoms with van der Waals surface area (Å²) in [5.41, 5.74) is 3.31. The van der Waals surface area contributed by atoms with E-state index >= 15 is 0 Å². The summed E-state index contributed by atoms with van der Waals surface area (Å²) in [5.74, 6) is -0.0237. The molecule has 1 amide bonds. The van der Waals surface area contributed by atoms with Crippen LogP contribution >= 0.6 is 0 Å². The second-order valence-electron chi connectivity index (χ2n) is 9.59. The molecule has 3 rings (SSSR count). The van der Waals surface area contributed by atoms with Gasteiger partial charge in [-0.1, -0.05) is 68.4 Å². The van der Waals surface area contributed by atoms with Crippen molar-refractivity contribution in [1.29, 1.82) is 0 Å². The average Bonchev–Trinajstić information content (AvgIpc) is 3.15. The van der Waals surface area contributed by atoms with Crippen molar-refractivity contribution >= 4 is 27.6 Å². The average molecular weight is 526 g/mol. The van der Waals surface area contributed by atoms with Gasteiger partial charge in [0.05, 0.1) is 16.6 Å². The molecule has 0 spiro atoms. The second kappa shape index (κ2) is 11.7. The Morgan fingerprint density at radius 3 is 2.24 bits per heavy atom. The lowest BCUT2D eigenvalue weighted by atomic mass is 9.97. The molecule has 0 fully saturated rings. The first-order chi connectivity index (χ1) is 17.5. The summed E-state index contributed by atoms with van der Waals surface area (Å²) in [6.45, 7) is 11.1. The van der Waals surface area contributed by atoms with Gasteiger partial charge < -0.3 is 9.42 Å². The molecule has 0 saturated heterocycles. The number of hydrogen-bond donors (Lipinski definition) is 1. The molecule has 9 heteroatoms. The Morgan fingerprint density at radius 2 is 1.70 bits per heavy atom. The van der Waals surface area contributed by atoms with Crippen LogP contribution in [-0.2, 0) is 26.2 Å². The fourth-order valence-electron chi connectivity index (χ4n) is 4.36. The number of sulfonamides is 1. The first kappa shape index (κ1) is 28.1. The van der Waals surface area contributed by atoms with E-state index in [4.69, 9.17) is 4.52 Å². The molecule has 0 aliphatic rings. The Morgan fingerprint density at radius 1 is 1.05 bits per heavy atom. The number of hydrogen-bond acceptors (Lipinski definition) is 6. The zero-order valence-electron chi connectivity index (χ0n) is 22.2. The van der Waals surface area contributed by atoms with E-state index in [1.54, 1.807) is 36.9 Å². The van der Waals surface area contributed by atoms with Crippen LogP contribution in [0.15, 0.2) is 57.9 Å². The number of nitrogens with zero attached hydrogens (tertiary/aromatic N) is 2. The van der Waals surface area contributed by atoms with E-state index < -0.39 is 16.1 Å². The molecule has 0 bridgehead atoms. The fraction of sp³-hybridized carbons (Fsp3) is 0.393. The first-order valence-electron chi connectivity index (χ1n) is 12.4. The maximum absolute atomic E-state index is 13.2. The SMILES string of the molecule is CCCC(=O)N(Cc1ccc(-c2ccccc2S(=O)(=O)Nc2onc(C)c2C)cc1)C(C(C)=O)C(C)C. The van der Waals surface area contributed by atoms with Crippen LogP contribution in [0.25, 0.3) is 11.1 Å². The third-order valence-corrected chi connectivity index (χ3v) is 7.74. The van der Waals surface area contributed by atoms with E-state index in [1.165, 1.54) is 13.0 Å². The molecule has 1 aromatic heterocycles. The highest BCUT2D eigenvalue weighted by atomic mass is 32.2. The van der Waals surface area contributed by atoms with Crippen LogP contribution in [0.2, 0.25) is 0 Å². The van der Waals surface area contributed by atoms with Crippen LogP contribution < -0.4 is 4.72 Å². The van der Waals surface area contributed by atoms with Gasteiger partial charge in [-0.2, -0.15) is 0 Å². The van der Waals surface area contributed by atoms with Crippen molar-refractivity contribution in [2.75, 3.05) is 4.72 Å². The second-order valence-corrected chi connectivity index (χ2v) is 11.2. The van der Waals surface area contributed by atoms with Crippen LogP contribution in [-0.4, -0.2) is 36.2 Å². The lowest BCUT2D eigenvalue weighted by Crippen LogP contribution is -2.46. The van der Waals surface area contributed by atoms with E-state index in [1.807, 2.05) is 45.0 Å². The smallest absolute Gasteiger partial charge is 0.264 e. The van der Waals surface area contributed by atoms with E-state index in [-0.39, 0.29) is 28.4 Å². The molecule has 8 nitrogen and oxygen atoms in total. The van der Waals surface area contributed by atoms with Crippen LogP contribution in [0, 0.1) is 19.8 Å². The zero-order valence-corrected chi connectivity index (χ0v) is 23.1. The van der Waals surface area contributed by atoms with Crippen molar-refractivity contribution in [2.24, 2.45) is 5.92 Å². The van der Waals surface area contributed by atoms with Crippen LogP contribution in [0.1, 0.15) is 57.4 Å². The maximum Gasteiger partial charge on any atom is 0.264 e. The van der Waals surface area contributed by atoms with Crippen molar-refractivity contribution < 1.29 is 22.5 Å². The third kappa shape index (κ3) is 6.46. The minimum atomic E-state index is -3.95. The maximum atomic E-state index is 13.2. The lowest BCUT2D eigenvalue weighted by Gasteiger charge is -2.33. The van der Waals surface area contributed by atoms with E-state index in [9.17, 15) is 18.0 Å². The summed E-state index contributed by atoms with van der Waals surface area (Å²) >= 11 is 0. The highest BCUT2D eigenvalue weighted by molar-refractivity contribution is 7.92. The fourth-order valence-corrected chi connectivity index (χ4v) is 5.64. The minimum absolute atomic E-state index is 0.0149. The van der Waals surface area contributed by atoms with Gasteiger partial charge in [-0.25, -0.2) is 13.1 Å². The Kier molecular flexibility index (Phi) is 8.91. The Bertz CT molecular complexity index is 1360. The molecule has 0 radical (unpaired) electrons. The first-order valence-corrected chi connectivity index (χ1v) is 13.9. The van der Waals surface area contributed by atoms with Gasteiger partial charge in [-0.05, 0) is 50.3 Å². The van der Waals surface area contributed by atoms with Crippen molar-refractivity contribution in [3.05, 3.63) is 65.4 Å². The van der Waals surface area contributed by atoms with E-state index in [0.29, 0.717) is 41.8 Å². The van der Waals surface area contributed by atoms with E-state index in [2.05, 4.69) is 9.88 Å². The van der Waals surface area contributed by atoms with Gasteiger partial charge in [0.2, 0.25) is 11.8 Å². The lowest BCUT2D eigenvalue weighted by molar-refractivity contribution is -0.141. The number of amides is 1. The summed E-state index contributed by atoms with van der Waals surface area (Å²) < 4.78 is 34.1. The van der Waals surface area contributed by atoms with Crippen molar-refractivity contribution in [3.63, 3.8) is 0 Å². The van der Waals surface area contributed by atoms with Gasteiger partial charge in [-0.3, -0.25) is 9.59 Å². The summed E-state index contributed by atoms with van der Waals surface area (Å²) in [5, 5.41) is 3.81. The Labute approximate surface area is 219 Å². The number of carbonyl (C=O) groups is 2. The topological polar surface area (TPSA) is 110 Å². The normalized spacial score (nSPS) is 12.4. The number of ketones is 1. The predicted octanol–water partition coefficient (Wildman–Crippen LogP) is 5.50. The summed E-state index contributed by atoms with van der Waals surface area (Å²) in [6, 6.07) is 13.6. The summed E-state index contributed by atoms with van der Waals surface area (Å²) in [7, 11) is -3.95. The van der Waals surface area contributed by atoms with Crippen molar-refractivity contribution in [1.82, 2.24) is 10.1 Å².